The van der Waals surface area contributed by atoms with E-state index in [2.05, 4.69) is 25.3 Å². The lowest BCUT2D eigenvalue weighted by atomic mass is 10.1. The number of carbonyl (C=O) groups is 1. The maximum atomic E-state index is 12.3. The van der Waals surface area contributed by atoms with E-state index in [1.165, 1.54) is 0 Å². The van der Waals surface area contributed by atoms with Crippen LogP contribution in [0.2, 0.25) is 0 Å². The van der Waals surface area contributed by atoms with E-state index in [4.69, 9.17) is 4.52 Å². The smallest absolute Gasteiger partial charge is 0.232 e. The SMILES string of the molecule is Cc1ccc(-c2noc([C@@H]3CC(=O)N(Cc4ccccn4)C3)n2)nn1. The second-order valence-electron chi connectivity index (χ2n) is 6.01. The average molecular weight is 336 g/mol. The van der Waals surface area contributed by atoms with Gasteiger partial charge in [0.25, 0.3) is 0 Å². The highest BCUT2D eigenvalue weighted by Gasteiger charge is 2.34. The van der Waals surface area contributed by atoms with Crippen molar-refractivity contribution in [2.24, 2.45) is 0 Å². The molecule has 1 amide bonds. The van der Waals surface area contributed by atoms with Gasteiger partial charge in [0.1, 0.15) is 5.69 Å². The minimum absolute atomic E-state index is 0.0607. The molecule has 8 nitrogen and oxygen atoms in total. The third-order valence-electron chi connectivity index (χ3n) is 4.11. The molecular weight excluding hydrogens is 320 g/mol. The minimum atomic E-state index is -0.115. The van der Waals surface area contributed by atoms with Crippen LogP contribution in [0.4, 0.5) is 0 Å². The van der Waals surface area contributed by atoms with Crippen molar-refractivity contribution in [1.29, 1.82) is 0 Å². The van der Waals surface area contributed by atoms with Gasteiger partial charge in [-0.15, -0.1) is 5.10 Å². The van der Waals surface area contributed by atoms with E-state index in [1.807, 2.05) is 31.2 Å². The van der Waals surface area contributed by atoms with Crippen molar-refractivity contribution in [3.05, 3.63) is 53.8 Å². The Hall–Kier alpha value is -3.16. The summed E-state index contributed by atoms with van der Waals surface area (Å²) >= 11 is 0. The summed E-state index contributed by atoms with van der Waals surface area (Å²) in [6.07, 6.45) is 2.08. The average Bonchev–Trinajstić information content (AvgIpc) is 3.24. The van der Waals surface area contributed by atoms with Crippen LogP contribution >= 0.6 is 0 Å². The summed E-state index contributed by atoms with van der Waals surface area (Å²) in [6.45, 7) is 2.88. The molecule has 4 rings (SSSR count). The lowest BCUT2D eigenvalue weighted by Crippen LogP contribution is -2.24. The van der Waals surface area contributed by atoms with Gasteiger partial charge in [0, 0.05) is 19.2 Å². The molecular formula is C17H16N6O2. The van der Waals surface area contributed by atoms with Gasteiger partial charge >= 0.3 is 0 Å². The van der Waals surface area contributed by atoms with E-state index in [0.29, 0.717) is 36.9 Å². The minimum Gasteiger partial charge on any atom is -0.339 e. The van der Waals surface area contributed by atoms with Crippen molar-refractivity contribution < 1.29 is 9.32 Å². The van der Waals surface area contributed by atoms with Gasteiger partial charge < -0.3 is 9.42 Å². The third-order valence-corrected chi connectivity index (χ3v) is 4.11. The number of aryl methyl sites for hydroxylation is 1. The molecule has 0 unspecified atom stereocenters. The first kappa shape index (κ1) is 15.4. The standard InChI is InChI=1S/C17H16N6O2/c1-11-5-6-14(21-20-11)16-19-17(25-22-16)12-8-15(24)23(9-12)10-13-4-2-3-7-18-13/h2-7,12H,8-10H2,1H3/t12-/m1/s1. The quantitative estimate of drug-likeness (QED) is 0.715. The molecule has 0 radical (unpaired) electrons. The van der Waals surface area contributed by atoms with E-state index in [9.17, 15) is 4.79 Å². The molecule has 0 saturated carbocycles. The molecule has 1 aliphatic rings. The molecule has 0 aromatic carbocycles. The molecule has 1 saturated heterocycles. The summed E-state index contributed by atoms with van der Waals surface area (Å²) < 4.78 is 5.36. The fraction of sp³-hybridized carbons (Fsp3) is 0.294. The maximum absolute atomic E-state index is 12.3. The monoisotopic (exact) mass is 336 g/mol. The summed E-state index contributed by atoms with van der Waals surface area (Å²) in [5.41, 5.74) is 2.23. The van der Waals surface area contributed by atoms with Gasteiger partial charge in [0.2, 0.25) is 17.6 Å². The number of aromatic nitrogens is 5. The Kier molecular flexibility index (Phi) is 3.93. The maximum Gasteiger partial charge on any atom is 0.232 e. The first-order valence-electron chi connectivity index (χ1n) is 8.01. The highest BCUT2D eigenvalue weighted by atomic mass is 16.5. The third kappa shape index (κ3) is 3.23. The Morgan fingerprint density at radius 1 is 1.24 bits per heavy atom. The Balaban J connectivity index is 1.48. The number of carbonyl (C=O) groups excluding carboxylic acids is 1. The Morgan fingerprint density at radius 3 is 2.92 bits per heavy atom. The van der Waals surface area contributed by atoms with Gasteiger partial charge in [-0.25, -0.2) is 0 Å². The molecule has 4 heterocycles. The summed E-state index contributed by atoms with van der Waals surface area (Å²) in [5.74, 6) is 0.786. The molecule has 8 heteroatoms. The van der Waals surface area contributed by atoms with Gasteiger partial charge in [0.05, 0.1) is 23.9 Å². The summed E-state index contributed by atoms with van der Waals surface area (Å²) in [6, 6.07) is 9.30. The topological polar surface area (TPSA) is 97.9 Å². The Labute approximate surface area is 143 Å². The normalized spacial score (nSPS) is 17.2. The van der Waals surface area contributed by atoms with E-state index >= 15 is 0 Å². The molecule has 0 aliphatic carbocycles. The van der Waals surface area contributed by atoms with Crippen LogP contribution in [0.1, 0.15) is 29.6 Å². The number of rotatable bonds is 4. The number of nitrogens with zero attached hydrogens (tertiary/aromatic N) is 6. The lowest BCUT2D eigenvalue weighted by Gasteiger charge is -2.15. The van der Waals surface area contributed by atoms with Crippen LogP contribution in [0.15, 0.2) is 41.1 Å². The predicted octanol–water partition coefficient (Wildman–Crippen LogP) is 1.75. The van der Waals surface area contributed by atoms with Gasteiger partial charge in [-0.05, 0) is 31.2 Å². The van der Waals surface area contributed by atoms with Gasteiger partial charge in [-0.1, -0.05) is 11.2 Å². The molecule has 126 valence electrons. The van der Waals surface area contributed by atoms with Crippen LogP contribution in [0, 0.1) is 6.92 Å². The molecule has 0 spiro atoms. The molecule has 3 aromatic rings. The highest BCUT2D eigenvalue weighted by Crippen LogP contribution is 2.29. The highest BCUT2D eigenvalue weighted by molar-refractivity contribution is 5.79. The first-order chi connectivity index (χ1) is 12.2. The zero-order chi connectivity index (χ0) is 17.2. The number of pyridine rings is 1. The Bertz CT molecular complexity index is 878. The van der Waals surface area contributed by atoms with E-state index in [0.717, 1.165) is 11.4 Å². The van der Waals surface area contributed by atoms with E-state index in [1.54, 1.807) is 17.2 Å². The number of hydrogen-bond donors (Lipinski definition) is 0. The van der Waals surface area contributed by atoms with Crippen LogP contribution in [-0.2, 0) is 11.3 Å². The van der Waals surface area contributed by atoms with Gasteiger partial charge in [-0.3, -0.25) is 9.78 Å². The molecule has 0 N–H and O–H groups in total. The fourth-order valence-electron chi connectivity index (χ4n) is 2.80. The molecule has 3 aromatic heterocycles. The Morgan fingerprint density at radius 2 is 2.16 bits per heavy atom. The fourth-order valence-corrected chi connectivity index (χ4v) is 2.80. The number of likely N-dealkylation sites (tertiary alicyclic amines) is 1. The van der Waals surface area contributed by atoms with Crippen molar-refractivity contribution in [1.82, 2.24) is 30.2 Å². The van der Waals surface area contributed by atoms with Crippen molar-refractivity contribution in [2.45, 2.75) is 25.8 Å². The van der Waals surface area contributed by atoms with E-state index in [-0.39, 0.29) is 11.8 Å². The molecule has 25 heavy (non-hydrogen) atoms. The predicted molar refractivity (Wildman–Crippen MR) is 87.1 cm³/mol. The zero-order valence-electron chi connectivity index (χ0n) is 13.7. The largest absolute Gasteiger partial charge is 0.339 e. The van der Waals surface area contributed by atoms with Crippen LogP contribution in [-0.4, -0.2) is 42.7 Å². The lowest BCUT2D eigenvalue weighted by molar-refractivity contribution is -0.128. The van der Waals surface area contributed by atoms with Crippen LogP contribution in [0.25, 0.3) is 11.5 Å². The molecule has 0 bridgehead atoms. The zero-order valence-corrected chi connectivity index (χ0v) is 13.7. The van der Waals surface area contributed by atoms with Crippen molar-refractivity contribution in [2.75, 3.05) is 6.54 Å². The second kappa shape index (κ2) is 6.39. The molecule has 1 fully saturated rings. The van der Waals surface area contributed by atoms with Crippen molar-refractivity contribution in [3.8, 4) is 11.5 Å². The number of amides is 1. The molecule has 1 atom stereocenters. The summed E-state index contributed by atoms with van der Waals surface area (Å²) in [5, 5.41) is 12.0. The van der Waals surface area contributed by atoms with Gasteiger partial charge in [-0.2, -0.15) is 10.1 Å². The first-order valence-corrected chi connectivity index (χ1v) is 8.01. The van der Waals surface area contributed by atoms with Crippen LogP contribution in [0.5, 0.6) is 0 Å². The molecule has 1 aliphatic heterocycles. The van der Waals surface area contributed by atoms with Gasteiger partial charge in [0.15, 0.2) is 0 Å². The summed E-state index contributed by atoms with van der Waals surface area (Å²) in [7, 11) is 0. The van der Waals surface area contributed by atoms with Crippen molar-refractivity contribution in [3.63, 3.8) is 0 Å². The summed E-state index contributed by atoms with van der Waals surface area (Å²) in [4.78, 5) is 22.7. The van der Waals surface area contributed by atoms with Crippen LogP contribution < -0.4 is 0 Å². The van der Waals surface area contributed by atoms with Crippen LogP contribution in [0.3, 0.4) is 0 Å². The number of hydrogen-bond acceptors (Lipinski definition) is 7. The van der Waals surface area contributed by atoms with Crippen molar-refractivity contribution >= 4 is 5.91 Å². The van der Waals surface area contributed by atoms with E-state index < -0.39 is 0 Å². The second-order valence-corrected chi connectivity index (χ2v) is 6.01.